The molecule has 0 unspecified atom stereocenters. The fourth-order valence-corrected chi connectivity index (χ4v) is 1.13. The van der Waals surface area contributed by atoms with Gasteiger partial charge in [0, 0.05) is 6.54 Å². The van der Waals surface area contributed by atoms with Crippen LogP contribution in [-0.4, -0.2) is 11.8 Å². The molecule has 1 N–H and O–H groups in total. The van der Waals surface area contributed by atoms with E-state index in [-0.39, 0.29) is 5.24 Å². The summed E-state index contributed by atoms with van der Waals surface area (Å²) in [7, 11) is 0. The third kappa shape index (κ3) is 3.70. The monoisotopic (exact) mass is 211 g/mol. The second kappa shape index (κ2) is 5.54. The van der Waals surface area contributed by atoms with E-state index >= 15 is 0 Å². The Kier molecular flexibility index (Phi) is 4.32. The first-order chi connectivity index (χ1) is 6.72. The van der Waals surface area contributed by atoms with Gasteiger partial charge >= 0.3 is 0 Å². The molecule has 0 aromatic heterocycles. The number of benzene rings is 1. The fourth-order valence-electron chi connectivity index (χ4n) is 1.05. The van der Waals surface area contributed by atoms with E-state index in [4.69, 9.17) is 4.74 Å². The minimum atomic E-state index is -0.320. The standard InChI is InChI=1S/C10H13NO2S/c1-2-13-9-5-3-8(4-6-9)7-11-10(12)14/h3-6H,2,7H2,1H3,(H2,11,12,14). The third-order valence-corrected chi connectivity index (χ3v) is 1.84. The molecule has 4 heteroatoms. The second-order valence-corrected chi connectivity index (χ2v) is 3.14. The lowest BCUT2D eigenvalue weighted by molar-refractivity contribution is 0.260. The van der Waals surface area contributed by atoms with Gasteiger partial charge < -0.3 is 10.1 Å². The van der Waals surface area contributed by atoms with Crippen LogP contribution in [0.25, 0.3) is 0 Å². The van der Waals surface area contributed by atoms with Crippen molar-refractivity contribution in [3.8, 4) is 5.75 Å². The maximum absolute atomic E-state index is 10.5. The Morgan fingerprint density at radius 3 is 2.57 bits per heavy atom. The molecule has 0 atom stereocenters. The number of amides is 1. The maximum atomic E-state index is 10.5. The smallest absolute Gasteiger partial charge is 0.276 e. The number of carbonyl (C=O) groups excluding carboxylic acids is 1. The van der Waals surface area contributed by atoms with Gasteiger partial charge in [-0.3, -0.25) is 4.79 Å². The lowest BCUT2D eigenvalue weighted by Gasteiger charge is -2.04. The van der Waals surface area contributed by atoms with Crippen molar-refractivity contribution in [2.75, 3.05) is 6.61 Å². The van der Waals surface area contributed by atoms with Crippen LogP contribution in [0.15, 0.2) is 24.3 Å². The van der Waals surface area contributed by atoms with E-state index in [1.54, 1.807) is 0 Å². The van der Waals surface area contributed by atoms with E-state index in [0.717, 1.165) is 11.3 Å². The van der Waals surface area contributed by atoms with Gasteiger partial charge in [-0.05, 0) is 24.6 Å². The second-order valence-electron chi connectivity index (χ2n) is 2.74. The molecular formula is C10H13NO2S. The molecule has 1 amide bonds. The number of nitrogens with one attached hydrogen (secondary N) is 1. The summed E-state index contributed by atoms with van der Waals surface area (Å²) >= 11 is 3.61. The minimum Gasteiger partial charge on any atom is -0.494 e. The van der Waals surface area contributed by atoms with E-state index in [9.17, 15) is 4.79 Å². The lowest BCUT2D eigenvalue weighted by Crippen LogP contribution is -2.15. The van der Waals surface area contributed by atoms with Crippen LogP contribution in [0.2, 0.25) is 0 Å². The summed E-state index contributed by atoms with van der Waals surface area (Å²) in [5, 5.41) is 2.28. The number of hydrogen-bond acceptors (Lipinski definition) is 2. The lowest BCUT2D eigenvalue weighted by atomic mass is 10.2. The first kappa shape index (κ1) is 10.9. The summed E-state index contributed by atoms with van der Waals surface area (Å²) in [4.78, 5) is 10.5. The Balaban J connectivity index is 2.50. The van der Waals surface area contributed by atoms with Gasteiger partial charge in [-0.2, -0.15) is 0 Å². The van der Waals surface area contributed by atoms with Crippen LogP contribution >= 0.6 is 12.6 Å². The van der Waals surface area contributed by atoms with Crippen molar-refractivity contribution in [1.82, 2.24) is 5.32 Å². The molecule has 0 bridgehead atoms. The zero-order chi connectivity index (χ0) is 10.4. The zero-order valence-corrected chi connectivity index (χ0v) is 8.88. The van der Waals surface area contributed by atoms with E-state index in [1.807, 2.05) is 31.2 Å². The quantitative estimate of drug-likeness (QED) is 0.749. The Morgan fingerprint density at radius 1 is 1.43 bits per heavy atom. The molecule has 0 aliphatic heterocycles. The highest BCUT2D eigenvalue weighted by molar-refractivity contribution is 7.96. The van der Waals surface area contributed by atoms with Gasteiger partial charge in [0.2, 0.25) is 0 Å². The summed E-state index contributed by atoms with van der Waals surface area (Å²) in [6.07, 6.45) is 0. The molecule has 0 heterocycles. The topological polar surface area (TPSA) is 38.3 Å². The van der Waals surface area contributed by atoms with Crippen LogP contribution in [0.5, 0.6) is 5.75 Å². The highest BCUT2D eigenvalue weighted by Crippen LogP contribution is 2.11. The van der Waals surface area contributed by atoms with E-state index in [1.165, 1.54) is 0 Å². The largest absolute Gasteiger partial charge is 0.494 e. The molecule has 76 valence electrons. The van der Waals surface area contributed by atoms with Crippen LogP contribution in [0.4, 0.5) is 4.79 Å². The van der Waals surface area contributed by atoms with Crippen LogP contribution < -0.4 is 10.1 Å². The first-order valence-corrected chi connectivity index (χ1v) is 4.85. The molecule has 14 heavy (non-hydrogen) atoms. The molecule has 1 rings (SSSR count). The van der Waals surface area contributed by atoms with Crippen LogP contribution in [0.3, 0.4) is 0 Å². The summed E-state index contributed by atoms with van der Waals surface area (Å²) in [5.41, 5.74) is 1.02. The summed E-state index contributed by atoms with van der Waals surface area (Å²) in [6, 6.07) is 7.58. The molecule has 0 spiro atoms. The summed E-state index contributed by atoms with van der Waals surface area (Å²) in [5.74, 6) is 0.841. The van der Waals surface area contributed by atoms with Gasteiger partial charge in [0.25, 0.3) is 5.24 Å². The molecule has 1 aromatic rings. The molecular weight excluding hydrogens is 198 g/mol. The van der Waals surface area contributed by atoms with Gasteiger partial charge in [-0.25, -0.2) is 0 Å². The Labute approximate surface area is 88.9 Å². The Hall–Kier alpha value is -1.16. The highest BCUT2D eigenvalue weighted by atomic mass is 32.1. The average molecular weight is 211 g/mol. The van der Waals surface area contributed by atoms with Crippen molar-refractivity contribution < 1.29 is 9.53 Å². The summed E-state index contributed by atoms with van der Waals surface area (Å²) in [6.45, 7) is 3.09. The van der Waals surface area contributed by atoms with Crippen molar-refractivity contribution in [1.29, 1.82) is 0 Å². The molecule has 1 aromatic carbocycles. The maximum Gasteiger partial charge on any atom is 0.276 e. The number of carbonyl (C=O) groups is 1. The highest BCUT2D eigenvalue weighted by Gasteiger charge is 1.96. The Bertz CT molecular complexity index is 297. The van der Waals surface area contributed by atoms with Crippen molar-refractivity contribution >= 4 is 17.9 Å². The van der Waals surface area contributed by atoms with E-state index < -0.39 is 0 Å². The predicted octanol–water partition coefficient (Wildman–Crippen LogP) is 2.22. The van der Waals surface area contributed by atoms with Gasteiger partial charge in [-0.1, -0.05) is 24.8 Å². The SMILES string of the molecule is CCOc1ccc(CNC(=O)S)cc1. The number of thiol groups is 1. The molecule has 0 saturated carbocycles. The number of rotatable bonds is 4. The molecule has 0 fully saturated rings. The summed E-state index contributed by atoms with van der Waals surface area (Å²) < 4.78 is 5.28. The average Bonchev–Trinajstić information content (AvgIpc) is 2.17. The van der Waals surface area contributed by atoms with Crippen molar-refractivity contribution in [3.63, 3.8) is 0 Å². The van der Waals surface area contributed by atoms with E-state index in [2.05, 4.69) is 17.9 Å². The molecule has 0 saturated heterocycles. The normalized spacial score (nSPS) is 9.57. The number of hydrogen-bond donors (Lipinski definition) is 2. The zero-order valence-electron chi connectivity index (χ0n) is 7.99. The van der Waals surface area contributed by atoms with Crippen LogP contribution in [0, 0.1) is 0 Å². The van der Waals surface area contributed by atoms with Crippen molar-refractivity contribution in [3.05, 3.63) is 29.8 Å². The molecule has 3 nitrogen and oxygen atoms in total. The third-order valence-electron chi connectivity index (χ3n) is 1.68. The van der Waals surface area contributed by atoms with Crippen molar-refractivity contribution in [2.45, 2.75) is 13.5 Å². The predicted molar refractivity (Wildman–Crippen MR) is 58.8 cm³/mol. The number of ether oxygens (including phenoxy) is 1. The molecule has 0 radical (unpaired) electrons. The van der Waals surface area contributed by atoms with Gasteiger partial charge in [0.15, 0.2) is 0 Å². The molecule has 0 aliphatic carbocycles. The fraction of sp³-hybridized carbons (Fsp3) is 0.300. The molecule has 0 aliphatic rings. The van der Waals surface area contributed by atoms with Crippen LogP contribution in [-0.2, 0) is 6.54 Å². The van der Waals surface area contributed by atoms with Gasteiger partial charge in [0.1, 0.15) is 5.75 Å². The van der Waals surface area contributed by atoms with Crippen LogP contribution in [0.1, 0.15) is 12.5 Å². The van der Waals surface area contributed by atoms with Gasteiger partial charge in [-0.15, -0.1) is 0 Å². The minimum absolute atomic E-state index is 0.320. The first-order valence-electron chi connectivity index (χ1n) is 4.41. The Morgan fingerprint density at radius 2 is 2.07 bits per heavy atom. The van der Waals surface area contributed by atoms with Crippen molar-refractivity contribution in [2.24, 2.45) is 0 Å². The van der Waals surface area contributed by atoms with E-state index in [0.29, 0.717) is 13.2 Å². The van der Waals surface area contributed by atoms with Gasteiger partial charge in [0.05, 0.1) is 6.61 Å².